The van der Waals surface area contributed by atoms with Crippen molar-refractivity contribution in [3.8, 4) is 11.1 Å². The molecule has 0 aliphatic carbocycles. The minimum absolute atomic E-state index is 0.306. The van der Waals surface area contributed by atoms with Gasteiger partial charge in [-0.3, -0.25) is 4.98 Å². The maximum Gasteiger partial charge on any atom is 0.179 e. The molecule has 1 aliphatic rings. The van der Waals surface area contributed by atoms with Gasteiger partial charge in [0.1, 0.15) is 4.90 Å². The van der Waals surface area contributed by atoms with Crippen molar-refractivity contribution in [1.29, 1.82) is 0 Å². The third-order valence-electron chi connectivity index (χ3n) is 6.28. The number of pyridine rings is 1. The summed E-state index contributed by atoms with van der Waals surface area (Å²) in [4.78, 5) is 9.26. The molecule has 0 unspecified atom stereocenters. The first-order valence-electron chi connectivity index (χ1n) is 11.0. The predicted molar refractivity (Wildman–Crippen MR) is 133 cm³/mol. The summed E-state index contributed by atoms with van der Waals surface area (Å²) < 4.78 is 25.4. The Morgan fingerprint density at radius 1 is 1.09 bits per heavy atom. The first-order chi connectivity index (χ1) is 15.2. The SMILES string of the molecule is CN(C)CCC1CCN(c2c(S(C)(=O)=O)cnc3ccc(-c4cccc(Cl)c4)cc23)CC1. The third-order valence-corrected chi connectivity index (χ3v) is 7.61. The molecule has 170 valence electrons. The van der Waals surface area contributed by atoms with Gasteiger partial charge in [0.15, 0.2) is 9.84 Å². The van der Waals surface area contributed by atoms with Crippen molar-refractivity contribution in [3.63, 3.8) is 0 Å². The average Bonchev–Trinajstić information content (AvgIpc) is 2.76. The smallest absolute Gasteiger partial charge is 0.179 e. The second kappa shape index (κ2) is 9.38. The summed E-state index contributed by atoms with van der Waals surface area (Å²) in [5, 5.41) is 1.54. The number of rotatable bonds is 6. The van der Waals surface area contributed by atoms with Crippen molar-refractivity contribution in [2.45, 2.75) is 24.2 Å². The van der Waals surface area contributed by atoms with Gasteiger partial charge in [0.05, 0.1) is 11.2 Å². The molecular weight excluding hydrogens is 442 g/mol. The Kier molecular flexibility index (Phi) is 6.75. The molecule has 0 spiro atoms. The maximum absolute atomic E-state index is 12.7. The Hall–Kier alpha value is -2.15. The molecule has 0 N–H and O–H groups in total. The number of nitrogens with zero attached hydrogens (tertiary/aromatic N) is 3. The summed E-state index contributed by atoms with van der Waals surface area (Å²) in [6.07, 6.45) is 6.09. The van der Waals surface area contributed by atoms with Gasteiger partial charge < -0.3 is 9.80 Å². The molecule has 7 heteroatoms. The van der Waals surface area contributed by atoms with E-state index in [1.807, 2.05) is 36.4 Å². The Labute approximate surface area is 195 Å². The van der Waals surface area contributed by atoms with Crippen molar-refractivity contribution in [2.75, 3.05) is 44.9 Å². The summed E-state index contributed by atoms with van der Waals surface area (Å²) >= 11 is 6.21. The van der Waals surface area contributed by atoms with Crippen LogP contribution in [-0.2, 0) is 9.84 Å². The molecule has 0 amide bonds. The van der Waals surface area contributed by atoms with Gasteiger partial charge in [0, 0.05) is 36.0 Å². The second-order valence-corrected chi connectivity index (χ2v) is 11.4. The molecule has 0 saturated carbocycles. The molecule has 0 radical (unpaired) electrons. The molecule has 32 heavy (non-hydrogen) atoms. The summed E-state index contributed by atoms with van der Waals surface area (Å²) in [5.74, 6) is 0.672. The number of halogens is 1. The lowest BCUT2D eigenvalue weighted by Gasteiger charge is -2.35. The topological polar surface area (TPSA) is 53.5 Å². The molecule has 1 saturated heterocycles. The first-order valence-corrected chi connectivity index (χ1v) is 13.3. The number of hydrogen-bond acceptors (Lipinski definition) is 5. The first kappa shape index (κ1) is 23.0. The van der Waals surface area contributed by atoms with E-state index >= 15 is 0 Å². The summed E-state index contributed by atoms with van der Waals surface area (Å²) in [6, 6.07) is 13.7. The third kappa shape index (κ3) is 5.08. The Morgan fingerprint density at radius 3 is 2.47 bits per heavy atom. The van der Waals surface area contributed by atoms with Crippen molar-refractivity contribution in [2.24, 2.45) is 5.92 Å². The van der Waals surface area contributed by atoms with Crippen molar-refractivity contribution < 1.29 is 8.42 Å². The fourth-order valence-corrected chi connectivity index (χ4v) is 5.52. The fraction of sp³-hybridized carbons (Fsp3) is 0.400. The van der Waals surface area contributed by atoms with Crippen molar-refractivity contribution in [3.05, 3.63) is 53.7 Å². The second-order valence-electron chi connectivity index (χ2n) is 9.01. The van der Waals surface area contributed by atoms with Gasteiger partial charge in [-0.2, -0.15) is 0 Å². The van der Waals surface area contributed by atoms with Crippen LogP contribution in [0, 0.1) is 5.92 Å². The van der Waals surface area contributed by atoms with Gasteiger partial charge >= 0.3 is 0 Å². The van der Waals surface area contributed by atoms with E-state index in [9.17, 15) is 8.42 Å². The molecular formula is C25H30ClN3O2S. The minimum atomic E-state index is -3.43. The molecule has 0 bridgehead atoms. The van der Waals surface area contributed by atoms with E-state index in [0.29, 0.717) is 15.8 Å². The highest BCUT2D eigenvalue weighted by molar-refractivity contribution is 7.90. The standard InChI is InChI=1S/C25H30ClN3O2S/c1-28(2)12-9-18-10-13-29(14-11-18)25-22-16-20(19-5-4-6-21(26)15-19)7-8-23(22)27-17-24(25)32(3,30)31/h4-8,15-18H,9-14H2,1-3H3. The quantitative estimate of drug-likeness (QED) is 0.499. The van der Waals surface area contributed by atoms with Crippen LogP contribution in [0.15, 0.2) is 53.6 Å². The van der Waals surface area contributed by atoms with Crippen LogP contribution in [0.4, 0.5) is 5.69 Å². The van der Waals surface area contributed by atoms with E-state index in [1.165, 1.54) is 18.9 Å². The van der Waals surface area contributed by atoms with Crippen LogP contribution < -0.4 is 4.90 Å². The van der Waals surface area contributed by atoms with Gasteiger partial charge in [-0.05, 0) is 81.2 Å². The minimum Gasteiger partial charge on any atom is -0.370 e. The van der Waals surface area contributed by atoms with Crippen LogP contribution in [0.1, 0.15) is 19.3 Å². The van der Waals surface area contributed by atoms with E-state index in [2.05, 4.69) is 34.9 Å². The molecule has 0 atom stereocenters. The number of piperidine rings is 1. The van der Waals surface area contributed by atoms with Crippen molar-refractivity contribution in [1.82, 2.24) is 9.88 Å². The summed E-state index contributed by atoms with van der Waals surface area (Å²) in [6.45, 7) is 2.78. The normalized spacial score (nSPS) is 15.6. The van der Waals surface area contributed by atoms with Crippen LogP contribution in [0.3, 0.4) is 0 Å². The van der Waals surface area contributed by atoms with Gasteiger partial charge in [-0.15, -0.1) is 0 Å². The van der Waals surface area contributed by atoms with Crippen LogP contribution in [0.5, 0.6) is 0 Å². The lowest BCUT2D eigenvalue weighted by atomic mass is 9.92. The molecule has 2 heterocycles. The zero-order valence-corrected chi connectivity index (χ0v) is 20.5. The number of anilines is 1. The summed E-state index contributed by atoms with van der Waals surface area (Å²) in [7, 11) is 0.785. The average molecular weight is 472 g/mol. The Balaban J connectivity index is 1.76. The number of benzene rings is 2. The predicted octanol–water partition coefficient (Wildman–Crippen LogP) is 5.13. The summed E-state index contributed by atoms with van der Waals surface area (Å²) in [5.41, 5.74) is 3.58. The monoisotopic (exact) mass is 471 g/mol. The molecule has 5 nitrogen and oxygen atoms in total. The lowest BCUT2D eigenvalue weighted by molar-refractivity contribution is 0.313. The zero-order valence-electron chi connectivity index (χ0n) is 18.9. The molecule has 2 aromatic carbocycles. The molecule has 1 fully saturated rings. The highest BCUT2D eigenvalue weighted by Crippen LogP contribution is 2.37. The van der Waals surface area contributed by atoms with Gasteiger partial charge in [-0.1, -0.05) is 29.8 Å². The van der Waals surface area contributed by atoms with Gasteiger partial charge in [-0.25, -0.2) is 8.42 Å². The number of aromatic nitrogens is 1. The van der Waals surface area contributed by atoms with E-state index in [0.717, 1.165) is 60.2 Å². The Morgan fingerprint density at radius 2 is 1.81 bits per heavy atom. The van der Waals surface area contributed by atoms with Crippen LogP contribution in [-0.4, -0.2) is 58.3 Å². The Bertz CT molecular complexity index is 1220. The highest BCUT2D eigenvalue weighted by atomic mass is 35.5. The van der Waals surface area contributed by atoms with E-state index in [1.54, 1.807) is 0 Å². The van der Waals surface area contributed by atoms with Crippen molar-refractivity contribution >= 4 is 38.0 Å². The lowest BCUT2D eigenvalue weighted by Crippen LogP contribution is -2.35. The van der Waals surface area contributed by atoms with Crippen LogP contribution >= 0.6 is 11.6 Å². The van der Waals surface area contributed by atoms with Gasteiger partial charge in [0.2, 0.25) is 0 Å². The van der Waals surface area contributed by atoms with Crippen LogP contribution in [0.2, 0.25) is 5.02 Å². The van der Waals surface area contributed by atoms with E-state index < -0.39 is 9.84 Å². The van der Waals surface area contributed by atoms with Gasteiger partial charge in [0.25, 0.3) is 0 Å². The molecule has 1 aromatic heterocycles. The zero-order chi connectivity index (χ0) is 22.9. The van der Waals surface area contributed by atoms with E-state index in [4.69, 9.17) is 11.6 Å². The largest absolute Gasteiger partial charge is 0.370 e. The highest BCUT2D eigenvalue weighted by Gasteiger charge is 2.26. The number of fused-ring (bicyclic) bond motifs is 1. The fourth-order valence-electron chi connectivity index (χ4n) is 4.49. The van der Waals surface area contributed by atoms with Crippen LogP contribution in [0.25, 0.3) is 22.0 Å². The molecule has 3 aromatic rings. The molecule has 1 aliphatic heterocycles. The number of sulfone groups is 1. The van der Waals surface area contributed by atoms with E-state index in [-0.39, 0.29) is 0 Å². The number of hydrogen-bond donors (Lipinski definition) is 0. The molecule has 4 rings (SSSR count). The maximum atomic E-state index is 12.7.